The first kappa shape index (κ1) is 26.6. The van der Waals surface area contributed by atoms with Crippen molar-refractivity contribution in [1.29, 1.82) is 0 Å². The molecular weight excluding hydrogens is 434 g/mol. The average Bonchev–Trinajstić information content (AvgIpc) is 3.18. The van der Waals surface area contributed by atoms with Gasteiger partial charge in [-0.05, 0) is 47.9 Å². The molecule has 0 fully saturated rings. The minimum Gasteiger partial charge on any atom is -0.464 e. The van der Waals surface area contributed by atoms with E-state index in [-0.39, 0.29) is 18.2 Å². The van der Waals surface area contributed by atoms with Crippen molar-refractivity contribution in [3.63, 3.8) is 0 Å². The van der Waals surface area contributed by atoms with Crippen molar-refractivity contribution >= 4 is 34.5 Å². The van der Waals surface area contributed by atoms with E-state index in [1.165, 1.54) is 11.8 Å². The van der Waals surface area contributed by atoms with Gasteiger partial charge in [-0.1, -0.05) is 52.1 Å². The quantitative estimate of drug-likeness (QED) is 0.422. The first-order valence-corrected chi connectivity index (χ1v) is 12.2. The number of furan rings is 1. The first-order valence-electron chi connectivity index (χ1n) is 11.3. The number of carbonyl (C=O) groups excluding carboxylic acids is 2. The van der Waals surface area contributed by atoms with Crippen LogP contribution in [0.3, 0.4) is 0 Å². The van der Waals surface area contributed by atoms with E-state index in [4.69, 9.17) is 10.2 Å². The highest BCUT2D eigenvalue weighted by molar-refractivity contribution is 8.05. The van der Waals surface area contributed by atoms with E-state index in [0.29, 0.717) is 43.7 Å². The maximum Gasteiger partial charge on any atom is 0.232 e. The van der Waals surface area contributed by atoms with Gasteiger partial charge in [0.1, 0.15) is 12.0 Å². The molecule has 0 atom stereocenters. The molecule has 180 valence electrons. The van der Waals surface area contributed by atoms with Crippen LogP contribution in [-0.4, -0.2) is 41.2 Å². The van der Waals surface area contributed by atoms with E-state index < -0.39 is 0 Å². The van der Waals surface area contributed by atoms with Gasteiger partial charge >= 0.3 is 0 Å². The van der Waals surface area contributed by atoms with Crippen molar-refractivity contribution in [2.24, 2.45) is 17.6 Å². The number of benzene rings is 1. The van der Waals surface area contributed by atoms with Gasteiger partial charge in [0.05, 0.1) is 12.8 Å². The van der Waals surface area contributed by atoms with Crippen LogP contribution < -0.4 is 5.73 Å². The van der Waals surface area contributed by atoms with Crippen molar-refractivity contribution in [2.75, 3.05) is 19.6 Å². The second-order valence-electron chi connectivity index (χ2n) is 9.32. The Labute approximate surface area is 201 Å². The molecule has 0 aliphatic carbocycles. The maximum absolute atomic E-state index is 13.3. The molecule has 2 N–H and O–H groups in total. The summed E-state index contributed by atoms with van der Waals surface area (Å²) in [6, 6.07) is 7.74. The number of fused-ring (bicyclic) bond motifs is 1. The zero-order valence-electron chi connectivity index (χ0n) is 20.5. The highest BCUT2D eigenvalue weighted by Gasteiger charge is 2.23. The predicted octanol–water partition coefficient (Wildman–Crippen LogP) is 5.36. The van der Waals surface area contributed by atoms with E-state index in [0.717, 1.165) is 21.4 Å². The minimum atomic E-state index is -0.208. The zero-order valence-corrected chi connectivity index (χ0v) is 21.3. The van der Waals surface area contributed by atoms with Crippen molar-refractivity contribution in [2.45, 2.75) is 47.6 Å². The highest BCUT2D eigenvalue weighted by Crippen LogP contribution is 2.22. The van der Waals surface area contributed by atoms with Crippen LogP contribution in [0.4, 0.5) is 0 Å². The zero-order chi connectivity index (χ0) is 24.5. The highest BCUT2D eigenvalue weighted by atomic mass is 32.2. The molecule has 2 aromatic rings. The summed E-state index contributed by atoms with van der Waals surface area (Å²) in [5.74, 6) is 0.333. The van der Waals surface area contributed by atoms with Crippen LogP contribution in [0.1, 0.15) is 46.6 Å². The fourth-order valence-corrected chi connectivity index (χ4v) is 4.09. The lowest BCUT2D eigenvalue weighted by Crippen LogP contribution is -2.41. The second kappa shape index (κ2) is 12.5. The van der Waals surface area contributed by atoms with Crippen molar-refractivity contribution in [1.82, 2.24) is 9.80 Å². The van der Waals surface area contributed by atoms with Crippen molar-refractivity contribution in [3.05, 3.63) is 58.7 Å². The van der Waals surface area contributed by atoms with Gasteiger partial charge in [-0.15, -0.1) is 0 Å². The van der Waals surface area contributed by atoms with Crippen LogP contribution in [-0.2, 0) is 16.1 Å². The number of hydrogen-bond acceptors (Lipinski definition) is 5. The maximum atomic E-state index is 13.3. The molecule has 6 nitrogen and oxygen atoms in total. The van der Waals surface area contributed by atoms with E-state index in [1.807, 2.05) is 29.2 Å². The first-order chi connectivity index (χ1) is 15.5. The van der Waals surface area contributed by atoms with Gasteiger partial charge in [-0.25, -0.2) is 0 Å². The molecule has 0 saturated heterocycles. The molecule has 2 amide bonds. The van der Waals surface area contributed by atoms with Crippen LogP contribution in [0.15, 0.2) is 57.5 Å². The molecule has 1 aromatic carbocycles. The molecule has 1 heterocycles. The van der Waals surface area contributed by atoms with Crippen LogP contribution in [0, 0.1) is 11.8 Å². The Morgan fingerprint density at radius 1 is 1.09 bits per heavy atom. The summed E-state index contributed by atoms with van der Waals surface area (Å²) >= 11 is 1.40. The van der Waals surface area contributed by atoms with Gasteiger partial charge in [-0.3, -0.25) is 9.59 Å². The Balaban J connectivity index is 2.18. The molecule has 0 saturated carbocycles. The Morgan fingerprint density at radius 2 is 1.73 bits per heavy atom. The molecule has 0 unspecified atom stereocenters. The van der Waals surface area contributed by atoms with Gasteiger partial charge in [0.2, 0.25) is 11.8 Å². The van der Waals surface area contributed by atoms with Crippen LogP contribution >= 0.6 is 11.8 Å². The predicted molar refractivity (Wildman–Crippen MR) is 137 cm³/mol. The lowest BCUT2D eigenvalue weighted by Gasteiger charge is -2.28. The molecular formula is C26H37N3O3S. The van der Waals surface area contributed by atoms with E-state index in [1.54, 1.807) is 23.5 Å². The van der Waals surface area contributed by atoms with Gasteiger partial charge in [0.25, 0.3) is 0 Å². The summed E-state index contributed by atoms with van der Waals surface area (Å²) in [5.41, 5.74) is 8.18. The molecule has 0 aliphatic rings. The number of nitrogens with zero attached hydrogens (tertiary/aromatic N) is 2. The number of hydrogen-bond donors (Lipinski definition) is 1. The molecule has 7 heteroatoms. The Morgan fingerprint density at radius 3 is 2.33 bits per heavy atom. The number of rotatable bonds is 12. The van der Waals surface area contributed by atoms with E-state index >= 15 is 0 Å². The third-order valence-corrected chi connectivity index (χ3v) is 5.80. The standard InChI is InChI=1S/C26H37N3O3S/c1-18(2)13-28(14-19(3)4)25(30)12-26(31)29(15-21(6)33-17-20(5)27)16-22-7-8-24-23(11-22)9-10-32-24/h7-11,17-19H,6,12-16,27H2,1-5H3/b20-17-. The minimum absolute atomic E-state index is 0.131. The molecule has 33 heavy (non-hydrogen) atoms. The lowest BCUT2D eigenvalue weighted by atomic mass is 10.1. The summed E-state index contributed by atoms with van der Waals surface area (Å²) < 4.78 is 5.42. The molecule has 0 aliphatic heterocycles. The topological polar surface area (TPSA) is 79.8 Å². The third kappa shape index (κ3) is 9.00. The average molecular weight is 472 g/mol. The van der Waals surface area contributed by atoms with Gasteiger partial charge in [0.15, 0.2) is 0 Å². The smallest absolute Gasteiger partial charge is 0.232 e. The van der Waals surface area contributed by atoms with Crippen LogP contribution in [0.25, 0.3) is 11.0 Å². The normalized spacial score (nSPS) is 11.9. The van der Waals surface area contributed by atoms with Gasteiger partial charge < -0.3 is 20.0 Å². The summed E-state index contributed by atoms with van der Waals surface area (Å²) in [6.45, 7) is 16.2. The third-order valence-electron chi connectivity index (χ3n) is 4.85. The van der Waals surface area contributed by atoms with Crippen LogP contribution in [0.5, 0.6) is 0 Å². The molecule has 2 rings (SSSR count). The van der Waals surface area contributed by atoms with E-state index in [2.05, 4.69) is 34.3 Å². The summed E-state index contributed by atoms with van der Waals surface area (Å²) in [4.78, 5) is 30.6. The number of carbonyl (C=O) groups is 2. The fraction of sp³-hybridized carbons (Fsp3) is 0.462. The van der Waals surface area contributed by atoms with Crippen LogP contribution in [0.2, 0.25) is 0 Å². The number of nitrogens with two attached hydrogens (primary N) is 1. The Kier molecular flexibility index (Phi) is 10.1. The van der Waals surface area contributed by atoms with Crippen molar-refractivity contribution < 1.29 is 14.0 Å². The number of allylic oxidation sites excluding steroid dienone is 1. The summed E-state index contributed by atoms with van der Waals surface area (Å²) in [5, 5.41) is 2.78. The number of amides is 2. The number of thioether (sulfide) groups is 1. The van der Waals surface area contributed by atoms with Gasteiger partial charge in [0, 0.05) is 35.6 Å². The SMILES string of the molecule is C=C(CN(Cc1ccc2occc2c1)C(=O)CC(=O)N(CC(C)C)CC(C)C)S/C=C(/C)N. The fourth-order valence-electron chi connectivity index (χ4n) is 3.51. The molecule has 0 bridgehead atoms. The molecule has 0 spiro atoms. The second-order valence-corrected chi connectivity index (χ2v) is 10.4. The monoisotopic (exact) mass is 471 g/mol. The summed E-state index contributed by atoms with van der Waals surface area (Å²) in [6.07, 6.45) is 1.49. The van der Waals surface area contributed by atoms with Crippen molar-refractivity contribution in [3.8, 4) is 0 Å². The Hall–Kier alpha value is -2.67. The molecule has 1 aromatic heterocycles. The lowest BCUT2D eigenvalue weighted by molar-refractivity contribution is -0.141. The largest absolute Gasteiger partial charge is 0.464 e. The molecule has 0 radical (unpaired) electrons. The Bertz CT molecular complexity index is 980. The summed E-state index contributed by atoms with van der Waals surface area (Å²) in [7, 11) is 0. The van der Waals surface area contributed by atoms with Gasteiger partial charge in [-0.2, -0.15) is 0 Å². The van der Waals surface area contributed by atoms with E-state index in [9.17, 15) is 9.59 Å².